The van der Waals surface area contributed by atoms with Gasteiger partial charge < -0.3 is 15.7 Å². The molecule has 2 atom stereocenters. The highest BCUT2D eigenvalue weighted by Gasteiger charge is 2.25. The first-order chi connectivity index (χ1) is 10.6. The lowest BCUT2D eigenvalue weighted by atomic mass is 10.1. The molecule has 3 N–H and O–H groups in total. The van der Waals surface area contributed by atoms with Gasteiger partial charge >= 0.3 is 0 Å². The minimum absolute atomic E-state index is 0.0407. The molecule has 2 aromatic rings. The Labute approximate surface area is 133 Å². The smallest absolute Gasteiger partial charge is 0.271 e. The van der Waals surface area contributed by atoms with Gasteiger partial charge in [-0.25, -0.2) is 4.68 Å². The van der Waals surface area contributed by atoms with Crippen LogP contribution < -0.4 is 10.6 Å². The summed E-state index contributed by atoms with van der Waals surface area (Å²) in [7, 11) is 0. The van der Waals surface area contributed by atoms with Crippen LogP contribution in [0.2, 0.25) is 5.02 Å². The Morgan fingerprint density at radius 1 is 1.45 bits per heavy atom. The minimum atomic E-state index is -0.413. The fourth-order valence-corrected chi connectivity index (χ4v) is 2.63. The van der Waals surface area contributed by atoms with E-state index in [0.717, 1.165) is 5.69 Å². The third kappa shape index (κ3) is 3.30. The summed E-state index contributed by atoms with van der Waals surface area (Å²) >= 11 is 5.95. The molecule has 0 spiro atoms. The van der Waals surface area contributed by atoms with E-state index >= 15 is 0 Å². The van der Waals surface area contributed by atoms with E-state index in [-0.39, 0.29) is 11.8 Å². The lowest BCUT2D eigenvalue weighted by Gasteiger charge is -2.13. The summed E-state index contributed by atoms with van der Waals surface area (Å²) in [5.74, 6) is -0.209. The summed E-state index contributed by atoms with van der Waals surface area (Å²) in [5, 5.41) is 20.5. The highest BCUT2D eigenvalue weighted by molar-refractivity contribution is 6.30. The van der Waals surface area contributed by atoms with Gasteiger partial charge in [0.25, 0.3) is 5.91 Å². The van der Waals surface area contributed by atoms with Crippen LogP contribution in [0, 0.1) is 5.92 Å². The number of carbonyl (C=O) groups excluding carboxylic acids is 1. The summed E-state index contributed by atoms with van der Waals surface area (Å²) in [5.41, 5.74) is 1.13. The predicted octanol–water partition coefficient (Wildman–Crippen LogP) is 0.836. The molecule has 1 aliphatic heterocycles. The predicted molar refractivity (Wildman–Crippen MR) is 83.3 cm³/mol. The zero-order valence-electron chi connectivity index (χ0n) is 11.9. The van der Waals surface area contributed by atoms with Crippen LogP contribution in [0.4, 0.5) is 0 Å². The van der Waals surface area contributed by atoms with E-state index in [1.165, 1.54) is 0 Å². The molecule has 22 heavy (non-hydrogen) atoms. The van der Waals surface area contributed by atoms with Crippen LogP contribution in [0.25, 0.3) is 5.69 Å². The topological polar surface area (TPSA) is 79.2 Å². The highest BCUT2D eigenvalue weighted by Crippen LogP contribution is 2.14. The largest absolute Gasteiger partial charge is 0.391 e. The fraction of sp³-hybridized carbons (Fsp3) is 0.333. The molecule has 0 radical (unpaired) electrons. The van der Waals surface area contributed by atoms with E-state index in [1.807, 2.05) is 12.1 Å². The van der Waals surface area contributed by atoms with Crippen molar-refractivity contribution in [2.45, 2.75) is 6.10 Å². The van der Waals surface area contributed by atoms with Gasteiger partial charge in [0.2, 0.25) is 0 Å². The first kappa shape index (κ1) is 15.0. The number of aromatic nitrogens is 2. The Morgan fingerprint density at radius 3 is 3.05 bits per heavy atom. The molecule has 1 amide bonds. The Bertz CT molecular complexity index is 673. The number of aliphatic hydroxyl groups excluding tert-OH is 1. The van der Waals surface area contributed by atoms with Gasteiger partial charge in [0, 0.05) is 36.8 Å². The van der Waals surface area contributed by atoms with Gasteiger partial charge in [-0.15, -0.1) is 0 Å². The van der Waals surface area contributed by atoms with Crippen LogP contribution in [0.5, 0.6) is 0 Å². The first-order valence-corrected chi connectivity index (χ1v) is 7.50. The van der Waals surface area contributed by atoms with Gasteiger partial charge in [0.05, 0.1) is 11.8 Å². The number of nitrogens with zero attached hydrogens (tertiary/aromatic N) is 2. The van der Waals surface area contributed by atoms with Crippen LogP contribution in [0.15, 0.2) is 36.5 Å². The van der Waals surface area contributed by atoms with E-state index in [2.05, 4.69) is 15.7 Å². The maximum Gasteiger partial charge on any atom is 0.271 e. The molecule has 2 unspecified atom stereocenters. The average Bonchev–Trinajstić information content (AvgIpc) is 3.14. The average molecular weight is 321 g/mol. The van der Waals surface area contributed by atoms with E-state index < -0.39 is 6.10 Å². The normalized spacial score (nSPS) is 21.0. The number of carbonyl (C=O) groups is 1. The van der Waals surface area contributed by atoms with Gasteiger partial charge in [-0.05, 0) is 24.3 Å². The van der Waals surface area contributed by atoms with Gasteiger partial charge in [-0.3, -0.25) is 4.79 Å². The van der Waals surface area contributed by atoms with Gasteiger partial charge in [0.15, 0.2) is 5.69 Å². The number of benzene rings is 1. The molecule has 116 valence electrons. The summed E-state index contributed by atoms with van der Waals surface area (Å²) < 4.78 is 1.60. The van der Waals surface area contributed by atoms with E-state index in [1.54, 1.807) is 29.1 Å². The van der Waals surface area contributed by atoms with Crippen LogP contribution in [0.3, 0.4) is 0 Å². The summed E-state index contributed by atoms with van der Waals surface area (Å²) in [6, 6.07) is 8.90. The van der Waals surface area contributed by atoms with Crippen LogP contribution in [-0.2, 0) is 0 Å². The SMILES string of the molecule is O=C(NCC1CNCC1O)c1ccn(-c2cccc(Cl)c2)n1. The number of amides is 1. The number of halogens is 1. The van der Waals surface area contributed by atoms with Gasteiger partial charge in [-0.2, -0.15) is 5.10 Å². The Kier molecular flexibility index (Phi) is 4.42. The second-order valence-electron chi connectivity index (χ2n) is 5.32. The maximum atomic E-state index is 12.1. The van der Waals surface area contributed by atoms with Crippen molar-refractivity contribution in [1.29, 1.82) is 0 Å². The van der Waals surface area contributed by atoms with Crippen molar-refractivity contribution in [3.8, 4) is 5.69 Å². The maximum absolute atomic E-state index is 12.1. The monoisotopic (exact) mass is 320 g/mol. The van der Waals surface area contributed by atoms with Crippen LogP contribution in [-0.4, -0.2) is 46.5 Å². The molecule has 6 nitrogen and oxygen atoms in total. The summed E-state index contributed by atoms with van der Waals surface area (Å²) in [6.45, 7) is 1.71. The molecule has 1 aliphatic rings. The van der Waals surface area contributed by atoms with Crippen molar-refractivity contribution in [2.75, 3.05) is 19.6 Å². The highest BCUT2D eigenvalue weighted by atomic mass is 35.5. The molecule has 7 heteroatoms. The number of rotatable bonds is 4. The molecule has 0 aliphatic carbocycles. The number of β-amino-alcohol motifs (C(OH)–C–C–N with tert-alkyl or cyclic N) is 1. The Morgan fingerprint density at radius 2 is 2.32 bits per heavy atom. The van der Waals surface area contributed by atoms with Crippen molar-refractivity contribution in [3.05, 3.63) is 47.2 Å². The second kappa shape index (κ2) is 6.48. The molecule has 0 saturated carbocycles. The lowest BCUT2D eigenvalue weighted by molar-refractivity contribution is 0.0921. The van der Waals surface area contributed by atoms with E-state index in [0.29, 0.717) is 30.4 Å². The number of nitrogens with one attached hydrogen (secondary N) is 2. The molecule has 1 saturated heterocycles. The molecule has 1 aromatic heterocycles. The molecule has 1 aromatic carbocycles. The Balaban J connectivity index is 1.64. The molecule has 2 heterocycles. The third-order valence-electron chi connectivity index (χ3n) is 3.72. The molecule has 1 fully saturated rings. The molecular formula is C15H17ClN4O2. The second-order valence-corrected chi connectivity index (χ2v) is 5.76. The summed E-state index contributed by atoms with van der Waals surface area (Å²) in [4.78, 5) is 12.1. The van der Waals surface area contributed by atoms with Crippen LogP contribution >= 0.6 is 11.6 Å². The Hall–Kier alpha value is -1.89. The number of hydrogen-bond acceptors (Lipinski definition) is 4. The standard InChI is InChI=1S/C15H17ClN4O2/c16-11-2-1-3-12(6-11)20-5-4-13(19-20)15(22)18-8-10-7-17-9-14(10)21/h1-6,10,14,17,21H,7-9H2,(H,18,22). The van der Waals surface area contributed by atoms with Gasteiger partial charge in [0.1, 0.15) is 0 Å². The first-order valence-electron chi connectivity index (χ1n) is 7.12. The van der Waals surface area contributed by atoms with Crippen LogP contribution in [0.1, 0.15) is 10.5 Å². The molecule has 0 bridgehead atoms. The van der Waals surface area contributed by atoms with Crippen molar-refractivity contribution in [2.24, 2.45) is 5.92 Å². The van der Waals surface area contributed by atoms with Crippen molar-refractivity contribution in [1.82, 2.24) is 20.4 Å². The quantitative estimate of drug-likeness (QED) is 0.780. The third-order valence-corrected chi connectivity index (χ3v) is 3.96. The van der Waals surface area contributed by atoms with Gasteiger partial charge in [-0.1, -0.05) is 17.7 Å². The lowest BCUT2D eigenvalue weighted by Crippen LogP contribution is -2.34. The zero-order valence-corrected chi connectivity index (χ0v) is 12.6. The summed E-state index contributed by atoms with van der Waals surface area (Å²) in [6.07, 6.45) is 1.30. The van der Waals surface area contributed by atoms with E-state index in [4.69, 9.17) is 11.6 Å². The van der Waals surface area contributed by atoms with Crippen molar-refractivity contribution in [3.63, 3.8) is 0 Å². The molecular weight excluding hydrogens is 304 g/mol. The number of hydrogen-bond donors (Lipinski definition) is 3. The fourth-order valence-electron chi connectivity index (χ4n) is 2.45. The van der Waals surface area contributed by atoms with Crippen molar-refractivity contribution < 1.29 is 9.90 Å². The minimum Gasteiger partial charge on any atom is -0.391 e. The molecule has 3 rings (SSSR count). The number of aliphatic hydroxyl groups is 1. The van der Waals surface area contributed by atoms with E-state index in [9.17, 15) is 9.90 Å². The van der Waals surface area contributed by atoms with Crippen molar-refractivity contribution >= 4 is 17.5 Å². The zero-order chi connectivity index (χ0) is 15.5.